The number of carbonyl (C=O) groups is 1. The van der Waals surface area contributed by atoms with Gasteiger partial charge in [0, 0.05) is 28.5 Å². The molecule has 1 unspecified atom stereocenters. The summed E-state index contributed by atoms with van der Waals surface area (Å²) in [5, 5.41) is 6.36. The first-order valence-electron chi connectivity index (χ1n) is 6.46. The fourth-order valence-electron chi connectivity index (χ4n) is 2.17. The van der Waals surface area contributed by atoms with Crippen molar-refractivity contribution in [2.24, 2.45) is 0 Å². The number of aryl methyl sites for hydroxylation is 1. The summed E-state index contributed by atoms with van der Waals surface area (Å²) in [6, 6.07) is 3.15. The molecule has 2 N–H and O–H groups in total. The van der Waals surface area contributed by atoms with Crippen molar-refractivity contribution in [3.8, 4) is 0 Å². The standard InChI is InChI=1S/C13H16BrClN2O3S/c1-8-4-10(14)12(6-11(8)15)17-13(18)5-9-7-21(19,20)3-2-16-9/h4,6,9,16H,2-3,5,7H2,1H3,(H,17,18). The van der Waals surface area contributed by atoms with Crippen LogP contribution in [0.1, 0.15) is 12.0 Å². The lowest BCUT2D eigenvalue weighted by Gasteiger charge is -2.23. The molecule has 0 aromatic heterocycles. The predicted molar refractivity (Wildman–Crippen MR) is 87.6 cm³/mol. The van der Waals surface area contributed by atoms with Gasteiger partial charge in [0.2, 0.25) is 5.91 Å². The summed E-state index contributed by atoms with van der Waals surface area (Å²) < 4.78 is 23.8. The normalized spacial score (nSPS) is 21.0. The SMILES string of the molecule is Cc1cc(Br)c(NC(=O)CC2CS(=O)(=O)CCN2)cc1Cl. The van der Waals surface area contributed by atoms with Crippen LogP contribution < -0.4 is 10.6 Å². The molecule has 116 valence electrons. The molecule has 21 heavy (non-hydrogen) atoms. The molecule has 0 aliphatic carbocycles. The van der Waals surface area contributed by atoms with Crippen LogP contribution in [-0.4, -0.2) is 38.4 Å². The molecule has 1 aliphatic rings. The van der Waals surface area contributed by atoms with Crippen LogP contribution in [-0.2, 0) is 14.6 Å². The van der Waals surface area contributed by atoms with Crippen molar-refractivity contribution in [3.05, 3.63) is 27.2 Å². The topological polar surface area (TPSA) is 75.3 Å². The lowest BCUT2D eigenvalue weighted by Crippen LogP contribution is -2.46. The fraction of sp³-hybridized carbons (Fsp3) is 0.462. The van der Waals surface area contributed by atoms with Gasteiger partial charge in [-0.2, -0.15) is 0 Å². The van der Waals surface area contributed by atoms with E-state index in [9.17, 15) is 13.2 Å². The predicted octanol–water partition coefficient (Wildman–Crippen LogP) is 2.13. The maximum Gasteiger partial charge on any atom is 0.226 e. The number of carbonyl (C=O) groups excluding carboxylic acids is 1. The first-order valence-corrected chi connectivity index (χ1v) is 9.45. The molecule has 0 spiro atoms. The van der Waals surface area contributed by atoms with E-state index in [2.05, 4.69) is 26.6 Å². The van der Waals surface area contributed by atoms with E-state index in [-0.39, 0.29) is 29.9 Å². The minimum Gasteiger partial charge on any atom is -0.325 e. The van der Waals surface area contributed by atoms with Crippen molar-refractivity contribution in [3.63, 3.8) is 0 Å². The van der Waals surface area contributed by atoms with Crippen molar-refractivity contribution in [2.45, 2.75) is 19.4 Å². The molecular formula is C13H16BrClN2O3S. The van der Waals surface area contributed by atoms with E-state index in [0.717, 1.165) is 10.0 Å². The summed E-state index contributed by atoms with van der Waals surface area (Å²) >= 11 is 9.40. The Morgan fingerprint density at radius 2 is 2.24 bits per heavy atom. The molecular weight excluding hydrogens is 380 g/mol. The molecule has 1 atom stereocenters. The van der Waals surface area contributed by atoms with Gasteiger partial charge in [-0.05, 0) is 40.5 Å². The number of sulfone groups is 1. The van der Waals surface area contributed by atoms with Gasteiger partial charge in [0.15, 0.2) is 9.84 Å². The quantitative estimate of drug-likeness (QED) is 0.822. The highest BCUT2D eigenvalue weighted by molar-refractivity contribution is 9.10. The van der Waals surface area contributed by atoms with Gasteiger partial charge in [-0.1, -0.05) is 11.6 Å². The maximum atomic E-state index is 12.0. The summed E-state index contributed by atoms with van der Waals surface area (Å²) in [7, 11) is -3.04. The second-order valence-electron chi connectivity index (χ2n) is 5.10. The van der Waals surface area contributed by atoms with Crippen LogP contribution in [0.3, 0.4) is 0 Å². The molecule has 8 heteroatoms. The highest BCUT2D eigenvalue weighted by Crippen LogP contribution is 2.29. The van der Waals surface area contributed by atoms with Crippen LogP contribution in [0.5, 0.6) is 0 Å². The number of hydrogen-bond acceptors (Lipinski definition) is 4. The molecule has 0 radical (unpaired) electrons. The van der Waals surface area contributed by atoms with E-state index in [1.54, 1.807) is 6.07 Å². The Labute approximate surface area is 137 Å². The molecule has 1 aliphatic heterocycles. The molecule has 1 fully saturated rings. The van der Waals surface area contributed by atoms with E-state index in [1.807, 2.05) is 13.0 Å². The third kappa shape index (κ3) is 4.67. The Morgan fingerprint density at radius 1 is 1.52 bits per heavy atom. The van der Waals surface area contributed by atoms with Crippen molar-refractivity contribution in [2.75, 3.05) is 23.4 Å². The highest BCUT2D eigenvalue weighted by atomic mass is 79.9. The Balaban J connectivity index is 2.01. The van der Waals surface area contributed by atoms with E-state index in [0.29, 0.717) is 17.3 Å². The third-order valence-corrected chi connectivity index (χ3v) is 6.06. The van der Waals surface area contributed by atoms with E-state index in [4.69, 9.17) is 11.6 Å². The zero-order valence-corrected chi connectivity index (χ0v) is 14.6. The summed E-state index contributed by atoms with van der Waals surface area (Å²) in [6.45, 7) is 2.26. The van der Waals surface area contributed by atoms with Gasteiger partial charge in [-0.3, -0.25) is 4.79 Å². The Bertz CT molecular complexity index is 664. The van der Waals surface area contributed by atoms with Gasteiger partial charge < -0.3 is 10.6 Å². The minimum atomic E-state index is -3.04. The zero-order valence-electron chi connectivity index (χ0n) is 11.4. The summed E-state index contributed by atoms with van der Waals surface area (Å²) in [6.07, 6.45) is 0.108. The Kier molecular flexibility index (Phi) is 5.29. The Hall–Kier alpha value is -0.630. The lowest BCUT2D eigenvalue weighted by atomic mass is 10.2. The fourth-order valence-corrected chi connectivity index (χ4v) is 4.33. The summed E-state index contributed by atoms with van der Waals surface area (Å²) in [5.41, 5.74) is 1.48. The number of halogens is 2. The van der Waals surface area contributed by atoms with E-state index in [1.165, 1.54) is 0 Å². The van der Waals surface area contributed by atoms with Gasteiger partial charge in [-0.15, -0.1) is 0 Å². The average molecular weight is 396 g/mol. The van der Waals surface area contributed by atoms with Gasteiger partial charge in [0.1, 0.15) is 0 Å². The molecule has 1 aromatic carbocycles. The largest absolute Gasteiger partial charge is 0.325 e. The average Bonchev–Trinajstić information content (AvgIpc) is 2.34. The van der Waals surface area contributed by atoms with Crippen LogP contribution >= 0.6 is 27.5 Å². The number of benzene rings is 1. The molecule has 1 saturated heterocycles. The van der Waals surface area contributed by atoms with Crippen LogP contribution in [0.15, 0.2) is 16.6 Å². The minimum absolute atomic E-state index is 0.00373. The smallest absolute Gasteiger partial charge is 0.226 e. The lowest BCUT2D eigenvalue weighted by molar-refractivity contribution is -0.116. The van der Waals surface area contributed by atoms with Crippen molar-refractivity contribution in [1.82, 2.24) is 5.32 Å². The number of nitrogens with one attached hydrogen (secondary N) is 2. The molecule has 5 nitrogen and oxygen atoms in total. The highest BCUT2D eigenvalue weighted by Gasteiger charge is 2.26. The molecule has 1 heterocycles. The number of hydrogen-bond donors (Lipinski definition) is 2. The van der Waals surface area contributed by atoms with Gasteiger partial charge in [0.05, 0.1) is 17.2 Å². The van der Waals surface area contributed by atoms with Crippen molar-refractivity contribution >= 4 is 49.0 Å². The molecule has 0 saturated carbocycles. The first kappa shape index (κ1) is 16.7. The summed E-state index contributed by atoms with van der Waals surface area (Å²) in [4.78, 5) is 12.0. The van der Waals surface area contributed by atoms with Gasteiger partial charge >= 0.3 is 0 Å². The Morgan fingerprint density at radius 3 is 2.90 bits per heavy atom. The monoisotopic (exact) mass is 394 g/mol. The molecule has 0 bridgehead atoms. The van der Waals surface area contributed by atoms with E-state index < -0.39 is 9.84 Å². The van der Waals surface area contributed by atoms with Crippen LogP contribution in [0.4, 0.5) is 5.69 Å². The first-order chi connectivity index (χ1) is 9.77. The van der Waals surface area contributed by atoms with Crippen LogP contribution in [0, 0.1) is 6.92 Å². The summed E-state index contributed by atoms with van der Waals surface area (Å²) in [5.74, 6) is -0.120. The van der Waals surface area contributed by atoms with Gasteiger partial charge in [0.25, 0.3) is 0 Å². The van der Waals surface area contributed by atoms with E-state index >= 15 is 0 Å². The molecule has 2 rings (SSSR count). The van der Waals surface area contributed by atoms with Crippen LogP contribution in [0.25, 0.3) is 0 Å². The molecule has 1 amide bonds. The number of anilines is 1. The maximum absolute atomic E-state index is 12.0. The van der Waals surface area contributed by atoms with Gasteiger partial charge in [-0.25, -0.2) is 8.42 Å². The number of amides is 1. The number of rotatable bonds is 3. The van der Waals surface area contributed by atoms with Crippen molar-refractivity contribution < 1.29 is 13.2 Å². The third-order valence-electron chi connectivity index (χ3n) is 3.26. The zero-order chi connectivity index (χ0) is 15.6. The van der Waals surface area contributed by atoms with Crippen molar-refractivity contribution in [1.29, 1.82) is 0 Å². The second-order valence-corrected chi connectivity index (χ2v) is 8.59. The second kappa shape index (κ2) is 6.64. The van der Waals surface area contributed by atoms with Crippen LogP contribution in [0.2, 0.25) is 5.02 Å². The molecule has 1 aromatic rings.